The fraction of sp³-hybridized carbons (Fsp3) is 0.571. The number of fused-ring (bicyclic) bond motifs is 1. The molecule has 0 saturated heterocycles. The quantitative estimate of drug-likeness (QED) is 0.896. The summed E-state index contributed by atoms with van der Waals surface area (Å²) in [7, 11) is 0. The number of hydrogen-bond acceptors (Lipinski definition) is 5. The lowest BCUT2D eigenvalue weighted by Gasteiger charge is -2.38. The smallest absolute Gasteiger partial charge is 0.311 e. The minimum atomic E-state index is -0.762. The van der Waals surface area contributed by atoms with Crippen molar-refractivity contribution < 1.29 is 9.90 Å². The number of carboxylic acids is 1. The number of rotatable bonds is 3. The third-order valence-corrected chi connectivity index (χ3v) is 4.40. The Hall–Kier alpha value is -2.18. The number of aromatic nitrogens is 4. The summed E-state index contributed by atoms with van der Waals surface area (Å²) in [6, 6.07) is 1.75. The van der Waals surface area contributed by atoms with E-state index in [1.54, 1.807) is 4.52 Å². The zero-order valence-electron chi connectivity index (χ0n) is 12.2. The second kappa shape index (κ2) is 4.98. The molecule has 7 heteroatoms. The molecule has 0 aliphatic heterocycles. The Balaban J connectivity index is 1.97. The average molecular weight is 289 g/mol. The van der Waals surface area contributed by atoms with Gasteiger partial charge in [0.25, 0.3) is 5.78 Å². The van der Waals surface area contributed by atoms with Gasteiger partial charge in [0.05, 0.1) is 5.41 Å². The van der Waals surface area contributed by atoms with Gasteiger partial charge in [0.15, 0.2) is 0 Å². The van der Waals surface area contributed by atoms with Gasteiger partial charge in [0.2, 0.25) is 0 Å². The van der Waals surface area contributed by atoms with Gasteiger partial charge in [-0.05, 0) is 26.7 Å². The monoisotopic (exact) mass is 289 g/mol. The fourth-order valence-corrected chi connectivity index (χ4v) is 3.03. The lowest BCUT2D eigenvalue weighted by atomic mass is 9.71. The van der Waals surface area contributed by atoms with Crippen molar-refractivity contribution in [2.24, 2.45) is 5.41 Å². The molecule has 0 amide bonds. The largest absolute Gasteiger partial charge is 0.481 e. The Morgan fingerprint density at radius 1 is 1.52 bits per heavy atom. The van der Waals surface area contributed by atoms with E-state index >= 15 is 0 Å². The van der Waals surface area contributed by atoms with Gasteiger partial charge in [-0.1, -0.05) is 12.8 Å². The van der Waals surface area contributed by atoms with Crippen LogP contribution in [0.25, 0.3) is 5.78 Å². The summed E-state index contributed by atoms with van der Waals surface area (Å²) in [5.74, 6) is 0.514. The highest BCUT2D eigenvalue weighted by molar-refractivity contribution is 5.76. The summed E-state index contributed by atoms with van der Waals surface area (Å²) in [5, 5.41) is 17.1. The number of carbonyl (C=O) groups is 1. The standard InChI is InChI=1S/C14H19N5O2/c1-9-7-11(19-13(17-9)15-8-16-19)18-10-5-3-4-6-14(10,2)12(20)21/h7-8,10,18H,3-6H2,1-2H3,(H,20,21). The van der Waals surface area contributed by atoms with Crippen molar-refractivity contribution in [2.45, 2.75) is 45.6 Å². The maximum absolute atomic E-state index is 11.7. The first-order chi connectivity index (χ1) is 10.0. The van der Waals surface area contributed by atoms with Crippen molar-refractivity contribution in [3.05, 3.63) is 18.1 Å². The Kier molecular flexibility index (Phi) is 3.27. The Labute approximate surface area is 122 Å². The summed E-state index contributed by atoms with van der Waals surface area (Å²) in [6.07, 6.45) is 4.95. The molecule has 2 unspecified atom stereocenters. The summed E-state index contributed by atoms with van der Waals surface area (Å²) >= 11 is 0. The van der Waals surface area contributed by atoms with E-state index in [2.05, 4.69) is 20.4 Å². The number of hydrogen-bond donors (Lipinski definition) is 2. The summed E-state index contributed by atoms with van der Waals surface area (Å²) in [4.78, 5) is 20.1. The van der Waals surface area contributed by atoms with Crippen LogP contribution in [0.5, 0.6) is 0 Å². The molecule has 2 N–H and O–H groups in total. The van der Waals surface area contributed by atoms with Crippen LogP contribution in [0.4, 0.5) is 5.82 Å². The predicted molar refractivity (Wildman–Crippen MR) is 77.1 cm³/mol. The van der Waals surface area contributed by atoms with E-state index in [-0.39, 0.29) is 6.04 Å². The van der Waals surface area contributed by atoms with Crippen LogP contribution in [0, 0.1) is 12.3 Å². The molecular formula is C14H19N5O2. The average Bonchev–Trinajstić information content (AvgIpc) is 2.89. The summed E-state index contributed by atoms with van der Waals surface area (Å²) in [6.45, 7) is 3.70. The molecule has 1 saturated carbocycles. The van der Waals surface area contributed by atoms with E-state index in [0.717, 1.165) is 30.8 Å². The van der Waals surface area contributed by atoms with Gasteiger partial charge in [-0.25, -0.2) is 4.98 Å². The maximum Gasteiger partial charge on any atom is 0.311 e. The van der Waals surface area contributed by atoms with Crippen molar-refractivity contribution in [3.63, 3.8) is 0 Å². The van der Waals surface area contributed by atoms with E-state index < -0.39 is 11.4 Å². The van der Waals surface area contributed by atoms with E-state index in [9.17, 15) is 9.90 Å². The molecule has 0 spiro atoms. The molecular weight excluding hydrogens is 270 g/mol. The molecule has 0 bridgehead atoms. The number of aryl methyl sites for hydroxylation is 1. The van der Waals surface area contributed by atoms with Crippen LogP contribution >= 0.6 is 0 Å². The minimum absolute atomic E-state index is 0.127. The zero-order valence-corrected chi connectivity index (χ0v) is 12.2. The maximum atomic E-state index is 11.7. The van der Waals surface area contributed by atoms with Crippen LogP contribution < -0.4 is 5.32 Å². The Bertz CT molecular complexity index is 683. The van der Waals surface area contributed by atoms with Gasteiger partial charge in [0.1, 0.15) is 12.1 Å². The Morgan fingerprint density at radius 2 is 2.33 bits per heavy atom. The normalized spacial score (nSPS) is 25.9. The topological polar surface area (TPSA) is 92.4 Å². The fourth-order valence-electron chi connectivity index (χ4n) is 3.03. The molecule has 1 aliphatic rings. The van der Waals surface area contributed by atoms with Crippen molar-refractivity contribution in [2.75, 3.05) is 5.32 Å². The number of carboxylic acid groups (broad SMARTS) is 1. The molecule has 2 aromatic heterocycles. The third kappa shape index (κ3) is 2.32. The van der Waals surface area contributed by atoms with Gasteiger partial charge in [-0.15, -0.1) is 0 Å². The summed E-state index contributed by atoms with van der Waals surface area (Å²) < 4.78 is 1.61. The molecule has 0 aromatic carbocycles. The molecule has 2 atom stereocenters. The molecule has 21 heavy (non-hydrogen) atoms. The highest BCUT2D eigenvalue weighted by Gasteiger charge is 2.43. The SMILES string of the molecule is Cc1cc(NC2CCCCC2(C)C(=O)O)n2ncnc2n1. The number of nitrogens with one attached hydrogen (secondary N) is 1. The first kappa shape index (κ1) is 13.8. The van der Waals surface area contributed by atoms with Crippen molar-refractivity contribution >= 4 is 17.6 Å². The number of anilines is 1. The van der Waals surface area contributed by atoms with Crippen LogP contribution in [0.1, 0.15) is 38.3 Å². The molecule has 2 heterocycles. The molecule has 112 valence electrons. The molecule has 1 aliphatic carbocycles. The van der Waals surface area contributed by atoms with Crippen LogP contribution in [0.15, 0.2) is 12.4 Å². The highest BCUT2D eigenvalue weighted by atomic mass is 16.4. The lowest BCUT2D eigenvalue weighted by Crippen LogP contribution is -2.47. The molecule has 2 aromatic rings. The predicted octanol–water partition coefficient (Wildman–Crippen LogP) is 1.88. The van der Waals surface area contributed by atoms with Gasteiger partial charge in [0, 0.05) is 17.8 Å². The van der Waals surface area contributed by atoms with Gasteiger partial charge in [-0.2, -0.15) is 14.6 Å². The van der Waals surface area contributed by atoms with Crippen molar-refractivity contribution in [1.82, 2.24) is 19.6 Å². The highest BCUT2D eigenvalue weighted by Crippen LogP contribution is 2.38. The van der Waals surface area contributed by atoms with Crippen molar-refractivity contribution in [3.8, 4) is 0 Å². The first-order valence-electron chi connectivity index (χ1n) is 7.18. The van der Waals surface area contributed by atoms with E-state index in [1.165, 1.54) is 6.33 Å². The van der Waals surface area contributed by atoms with Crippen LogP contribution in [-0.2, 0) is 4.79 Å². The minimum Gasteiger partial charge on any atom is -0.481 e. The van der Waals surface area contributed by atoms with Gasteiger partial charge < -0.3 is 10.4 Å². The van der Waals surface area contributed by atoms with Gasteiger partial charge in [-0.3, -0.25) is 4.79 Å². The van der Waals surface area contributed by atoms with E-state index in [4.69, 9.17) is 0 Å². The molecule has 3 rings (SSSR count). The number of aliphatic carboxylic acids is 1. The van der Waals surface area contributed by atoms with E-state index in [0.29, 0.717) is 12.2 Å². The number of nitrogens with zero attached hydrogens (tertiary/aromatic N) is 4. The lowest BCUT2D eigenvalue weighted by molar-refractivity contribution is -0.150. The zero-order chi connectivity index (χ0) is 15.0. The van der Waals surface area contributed by atoms with Crippen LogP contribution in [-0.4, -0.2) is 36.7 Å². The third-order valence-electron chi connectivity index (χ3n) is 4.40. The van der Waals surface area contributed by atoms with Gasteiger partial charge >= 0.3 is 5.97 Å². The second-order valence-electron chi connectivity index (χ2n) is 5.92. The second-order valence-corrected chi connectivity index (χ2v) is 5.92. The molecule has 7 nitrogen and oxygen atoms in total. The summed E-state index contributed by atoms with van der Waals surface area (Å²) in [5.41, 5.74) is 0.0633. The molecule has 0 radical (unpaired) electrons. The van der Waals surface area contributed by atoms with Crippen molar-refractivity contribution in [1.29, 1.82) is 0 Å². The Morgan fingerprint density at radius 3 is 3.10 bits per heavy atom. The van der Waals surface area contributed by atoms with Crippen LogP contribution in [0.2, 0.25) is 0 Å². The molecule has 1 fully saturated rings. The van der Waals surface area contributed by atoms with E-state index in [1.807, 2.05) is 19.9 Å². The first-order valence-corrected chi connectivity index (χ1v) is 7.18. The van der Waals surface area contributed by atoms with Crippen LogP contribution in [0.3, 0.4) is 0 Å².